The van der Waals surface area contributed by atoms with E-state index in [1.807, 2.05) is 12.1 Å². The van der Waals surface area contributed by atoms with Crippen LogP contribution in [-0.2, 0) is 6.61 Å². The van der Waals surface area contributed by atoms with E-state index >= 15 is 0 Å². The van der Waals surface area contributed by atoms with E-state index in [0.29, 0.717) is 10.8 Å². The molecule has 1 aromatic heterocycles. The van der Waals surface area contributed by atoms with Gasteiger partial charge in [0.05, 0.1) is 0 Å². The van der Waals surface area contributed by atoms with Gasteiger partial charge in [-0.2, -0.15) is 0 Å². The fourth-order valence-corrected chi connectivity index (χ4v) is 2.48. The van der Waals surface area contributed by atoms with E-state index in [-0.39, 0.29) is 18.1 Å². The largest absolute Gasteiger partial charge is 0.573 e. The lowest BCUT2D eigenvalue weighted by molar-refractivity contribution is -0.274. The lowest BCUT2D eigenvalue weighted by atomic mass is 10.2. The molecule has 0 aliphatic rings. The highest BCUT2D eigenvalue weighted by molar-refractivity contribution is 6.30. The molecular weight excluding hydrogens is 423 g/mol. The number of halogens is 4. The quantitative estimate of drug-likeness (QED) is 0.507. The van der Waals surface area contributed by atoms with Crippen LogP contribution in [0.2, 0.25) is 5.02 Å². The molecule has 10 heteroatoms. The third kappa shape index (κ3) is 6.56. The number of amides is 2. The number of carbonyl (C=O) groups excluding carboxylic acids is 1. The first kappa shape index (κ1) is 21.3. The van der Waals surface area contributed by atoms with E-state index in [0.717, 1.165) is 17.7 Å². The molecule has 3 aromatic rings. The van der Waals surface area contributed by atoms with Crippen molar-refractivity contribution in [2.75, 3.05) is 10.6 Å². The molecule has 2 N–H and O–H groups in total. The number of urea groups is 1. The highest BCUT2D eigenvalue weighted by Crippen LogP contribution is 2.25. The zero-order valence-corrected chi connectivity index (χ0v) is 16.0. The molecular formula is C20H15ClF3N3O3. The van der Waals surface area contributed by atoms with Crippen LogP contribution in [0.3, 0.4) is 0 Å². The summed E-state index contributed by atoms with van der Waals surface area (Å²) >= 11 is 5.85. The molecule has 3 rings (SSSR count). The van der Waals surface area contributed by atoms with Gasteiger partial charge in [-0.25, -0.2) is 9.78 Å². The van der Waals surface area contributed by atoms with Gasteiger partial charge in [0.25, 0.3) is 0 Å². The Hall–Kier alpha value is -3.46. The van der Waals surface area contributed by atoms with Crippen molar-refractivity contribution in [1.29, 1.82) is 0 Å². The summed E-state index contributed by atoms with van der Waals surface area (Å²) in [7, 11) is 0. The van der Waals surface area contributed by atoms with Crippen molar-refractivity contribution in [2.45, 2.75) is 13.0 Å². The van der Waals surface area contributed by atoms with Gasteiger partial charge in [-0.1, -0.05) is 23.7 Å². The monoisotopic (exact) mass is 437 g/mol. The number of nitrogens with zero attached hydrogens (tertiary/aromatic N) is 1. The first-order valence-corrected chi connectivity index (χ1v) is 8.92. The average Bonchev–Trinajstić information content (AvgIpc) is 2.69. The first-order valence-electron chi connectivity index (χ1n) is 8.54. The second-order valence-corrected chi connectivity index (χ2v) is 6.35. The van der Waals surface area contributed by atoms with Crippen molar-refractivity contribution in [3.63, 3.8) is 0 Å². The first-order chi connectivity index (χ1) is 14.3. The number of hydrogen-bond acceptors (Lipinski definition) is 4. The molecule has 0 aliphatic heterocycles. The Balaban J connectivity index is 1.59. The van der Waals surface area contributed by atoms with Crippen LogP contribution in [0.15, 0.2) is 66.9 Å². The van der Waals surface area contributed by atoms with E-state index in [2.05, 4.69) is 20.4 Å². The number of ether oxygens (including phenoxy) is 2. The maximum Gasteiger partial charge on any atom is 0.573 e. The van der Waals surface area contributed by atoms with Crippen molar-refractivity contribution in [2.24, 2.45) is 0 Å². The summed E-state index contributed by atoms with van der Waals surface area (Å²) < 4.78 is 46.1. The van der Waals surface area contributed by atoms with Gasteiger partial charge in [0.1, 0.15) is 12.4 Å². The Morgan fingerprint density at radius 1 is 1.00 bits per heavy atom. The molecule has 30 heavy (non-hydrogen) atoms. The maximum atomic E-state index is 12.2. The normalized spacial score (nSPS) is 10.9. The molecule has 0 spiro atoms. The van der Waals surface area contributed by atoms with E-state index in [1.54, 1.807) is 24.3 Å². The number of hydrogen-bond donors (Lipinski definition) is 2. The Kier molecular flexibility index (Phi) is 6.63. The molecule has 156 valence electrons. The number of nitrogens with one attached hydrogen (secondary N) is 2. The Morgan fingerprint density at radius 3 is 2.37 bits per heavy atom. The highest BCUT2D eigenvalue weighted by atomic mass is 35.5. The minimum absolute atomic E-state index is 0.181. The van der Waals surface area contributed by atoms with Gasteiger partial charge in [-0.05, 0) is 54.1 Å². The molecule has 6 nitrogen and oxygen atoms in total. The summed E-state index contributed by atoms with van der Waals surface area (Å²) in [6.45, 7) is 0.236. The third-order valence-electron chi connectivity index (χ3n) is 3.66. The molecule has 0 saturated carbocycles. The van der Waals surface area contributed by atoms with Crippen molar-refractivity contribution < 1.29 is 27.4 Å². The molecule has 2 aromatic carbocycles. The van der Waals surface area contributed by atoms with E-state index in [1.165, 1.54) is 18.3 Å². The number of aromatic nitrogens is 1. The Morgan fingerprint density at radius 2 is 1.70 bits per heavy atom. The van der Waals surface area contributed by atoms with Crippen molar-refractivity contribution in [3.05, 3.63) is 77.4 Å². The van der Waals surface area contributed by atoms with Crippen LogP contribution in [-0.4, -0.2) is 17.4 Å². The van der Waals surface area contributed by atoms with Gasteiger partial charge in [0, 0.05) is 16.9 Å². The van der Waals surface area contributed by atoms with Crippen molar-refractivity contribution in [1.82, 2.24) is 4.98 Å². The number of pyridine rings is 1. The number of rotatable bonds is 6. The topological polar surface area (TPSA) is 72.5 Å². The zero-order valence-electron chi connectivity index (χ0n) is 15.2. The van der Waals surface area contributed by atoms with Gasteiger partial charge in [-0.15, -0.1) is 13.2 Å². The molecule has 0 fully saturated rings. The fraction of sp³-hybridized carbons (Fsp3) is 0.100. The number of alkyl halides is 3. The molecule has 0 aliphatic carbocycles. The SMILES string of the molecule is O=C(Nc1ccc(OC(F)(F)F)cc1)Nc1ncccc1OCc1ccc(Cl)cc1. The van der Waals surface area contributed by atoms with E-state index in [4.69, 9.17) is 16.3 Å². The Labute approximate surface area is 174 Å². The zero-order chi connectivity index (χ0) is 21.6. The van der Waals surface area contributed by atoms with E-state index in [9.17, 15) is 18.0 Å². The highest BCUT2D eigenvalue weighted by Gasteiger charge is 2.30. The van der Waals surface area contributed by atoms with Crippen LogP contribution < -0.4 is 20.1 Å². The summed E-state index contributed by atoms with van der Waals surface area (Å²) in [6.07, 6.45) is -3.30. The van der Waals surface area contributed by atoms with Gasteiger partial charge in [0.15, 0.2) is 11.6 Å². The maximum absolute atomic E-state index is 12.2. The number of carbonyl (C=O) groups is 1. The smallest absolute Gasteiger partial charge is 0.485 e. The molecule has 0 unspecified atom stereocenters. The molecule has 0 saturated heterocycles. The summed E-state index contributed by atoms with van der Waals surface area (Å²) in [5.74, 6) is 0.133. The van der Waals surface area contributed by atoms with Gasteiger partial charge in [-0.3, -0.25) is 5.32 Å². The summed E-state index contributed by atoms with van der Waals surface area (Å²) in [4.78, 5) is 16.3. The third-order valence-corrected chi connectivity index (χ3v) is 3.91. The Bertz CT molecular complexity index is 997. The minimum atomic E-state index is -4.78. The number of anilines is 2. The lowest BCUT2D eigenvalue weighted by Gasteiger charge is -2.13. The van der Waals surface area contributed by atoms with Gasteiger partial charge in [0.2, 0.25) is 0 Å². The molecule has 2 amide bonds. The van der Waals surface area contributed by atoms with Crippen molar-refractivity contribution in [3.8, 4) is 11.5 Å². The lowest BCUT2D eigenvalue weighted by Crippen LogP contribution is -2.21. The van der Waals surface area contributed by atoms with Crippen LogP contribution in [0, 0.1) is 0 Å². The van der Waals surface area contributed by atoms with Crippen LogP contribution in [0.4, 0.5) is 29.5 Å². The molecule has 0 bridgehead atoms. The second-order valence-electron chi connectivity index (χ2n) is 5.92. The predicted octanol–water partition coefficient (Wildman–Crippen LogP) is 5.86. The fourth-order valence-electron chi connectivity index (χ4n) is 2.35. The van der Waals surface area contributed by atoms with Crippen LogP contribution in [0.5, 0.6) is 11.5 Å². The number of benzene rings is 2. The van der Waals surface area contributed by atoms with Crippen LogP contribution in [0.1, 0.15) is 5.56 Å². The molecule has 1 heterocycles. The summed E-state index contributed by atoms with van der Waals surface area (Å²) in [5.41, 5.74) is 1.14. The summed E-state index contributed by atoms with van der Waals surface area (Å²) in [6, 6.07) is 14.5. The molecule has 0 atom stereocenters. The minimum Gasteiger partial charge on any atom is -0.485 e. The van der Waals surface area contributed by atoms with Gasteiger partial charge < -0.3 is 14.8 Å². The van der Waals surface area contributed by atoms with E-state index < -0.39 is 18.1 Å². The average molecular weight is 438 g/mol. The van der Waals surface area contributed by atoms with Crippen molar-refractivity contribution >= 4 is 29.1 Å². The van der Waals surface area contributed by atoms with Crippen LogP contribution in [0.25, 0.3) is 0 Å². The van der Waals surface area contributed by atoms with Crippen LogP contribution >= 0.6 is 11.6 Å². The standard InChI is InChI=1S/C20H15ClF3N3O3/c21-14-5-3-13(4-6-14)12-29-17-2-1-11-25-18(17)27-19(28)26-15-7-9-16(10-8-15)30-20(22,23)24/h1-11H,12H2,(H2,25,26,27,28). The van der Waals surface area contributed by atoms with Gasteiger partial charge >= 0.3 is 12.4 Å². The summed E-state index contributed by atoms with van der Waals surface area (Å²) in [5, 5.41) is 5.64. The predicted molar refractivity (Wildman–Crippen MR) is 106 cm³/mol. The molecule has 0 radical (unpaired) electrons. The second kappa shape index (κ2) is 9.36.